The molecule has 2 heterocycles. The Morgan fingerprint density at radius 2 is 1.22 bits per heavy atom. The van der Waals surface area contributed by atoms with E-state index in [0.29, 0.717) is 5.92 Å². The van der Waals surface area contributed by atoms with E-state index in [9.17, 15) is 0 Å². The van der Waals surface area contributed by atoms with Gasteiger partial charge in [-0.1, -0.05) is 91.0 Å². The van der Waals surface area contributed by atoms with E-state index < -0.39 is 0 Å². The smallest absolute Gasteiger partial charge is 0.00542 e. The third-order valence-electron chi connectivity index (χ3n) is 7.66. The van der Waals surface area contributed by atoms with Crippen molar-refractivity contribution >= 4 is 0 Å². The van der Waals surface area contributed by atoms with Crippen molar-refractivity contribution in [3.63, 3.8) is 0 Å². The molecule has 5 rings (SSSR count). The van der Waals surface area contributed by atoms with Crippen molar-refractivity contribution in [1.82, 2.24) is 9.80 Å². The van der Waals surface area contributed by atoms with Crippen LogP contribution < -0.4 is 0 Å². The van der Waals surface area contributed by atoms with Crippen LogP contribution in [0.4, 0.5) is 0 Å². The summed E-state index contributed by atoms with van der Waals surface area (Å²) in [6.07, 6.45) is 3.74. The predicted molar refractivity (Wildman–Crippen MR) is 134 cm³/mol. The molecule has 0 saturated carbocycles. The second-order valence-corrected chi connectivity index (χ2v) is 9.76. The maximum Gasteiger partial charge on any atom is 0.00542 e. The number of likely N-dealkylation sites (tertiary alicyclic amines) is 2. The largest absolute Gasteiger partial charge is 0.303 e. The van der Waals surface area contributed by atoms with E-state index in [4.69, 9.17) is 0 Å². The Morgan fingerprint density at radius 3 is 1.88 bits per heavy atom. The minimum absolute atomic E-state index is 0.652. The van der Waals surface area contributed by atoms with Crippen LogP contribution in [0.3, 0.4) is 0 Å². The van der Waals surface area contributed by atoms with Crippen molar-refractivity contribution in [2.75, 3.05) is 39.3 Å². The molecule has 3 aromatic carbocycles. The molecule has 0 amide bonds. The van der Waals surface area contributed by atoms with Gasteiger partial charge in [0.15, 0.2) is 0 Å². The van der Waals surface area contributed by atoms with Gasteiger partial charge in [0.05, 0.1) is 0 Å². The minimum Gasteiger partial charge on any atom is -0.303 e. The van der Waals surface area contributed by atoms with Crippen LogP contribution in [-0.2, 0) is 6.42 Å². The summed E-state index contributed by atoms with van der Waals surface area (Å²) in [7, 11) is 0. The van der Waals surface area contributed by atoms with Crippen LogP contribution in [0.5, 0.6) is 0 Å². The van der Waals surface area contributed by atoms with Crippen molar-refractivity contribution in [2.45, 2.75) is 31.1 Å². The summed E-state index contributed by atoms with van der Waals surface area (Å²) in [6, 6.07) is 33.4. The van der Waals surface area contributed by atoms with E-state index in [0.717, 1.165) is 18.3 Å². The first kappa shape index (κ1) is 21.4. The Morgan fingerprint density at radius 1 is 0.625 bits per heavy atom. The van der Waals surface area contributed by atoms with Gasteiger partial charge in [-0.2, -0.15) is 0 Å². The zero-order valence-electron chi connectivity index (χ0n) is 19.2. The zero-order valence-corrected chi connectivity index (χ0v) is 19.2. The van der Waals surface area contributed by atoms with Gasteiger partial charge in [-0.15, -0.1) is 0 Å². The van der Waals surface area contributed by atoms with Crippen LogP contribution in [0.1, 0.15) is 41.4 Å². The van der Waals surface area contributed by atoms with Crippen molar-refractivity contribution < 1.29 is 0 Å². The lowest BCUT2D eigenvalue weighted by atomic mass is 9.86. The summed E-state index contributed by atoms with van der Waals surface area (Å²) < 4.78 is 0. The molecule has 2 atom stereocenters. The van der Waals surface area contributed by atoms with Gasteiger partial charge in [0, 0.05) is 32.1 Å². The maximum absolute atomic E-state index is 2.75. The molecule has 0 spiro atoms. The lowest BCUT2D eigenvalue weighted by molar-refractivity contribution is 0.177. The van der Waals surface area contributed by atoms with Crippen LogP contribution >= 0.6 is 0 Å². The maximum atomic E-state index is 2.75. The van der Waals surface area contributed by atoms with E-state index in [1.165, 1.54) is 68.8 Å². The highest BCUT2D eigenvalue weighted by Crippen LogP contribution is 2.35. The second kappa shape index (κ2) is 10.5. The Labute approximate surface area is 193 Å². The Hall–Kier alpha value is -2.42. The molecule has 0 aromatic heterocycles. The number of benzene rings is 3. The molecule has 2 fully saturated rings. The Bertz CT molecular complexity index is 932. The van der Waals surface area contributed by atoms with Crippen LogP contribution in [0.2, 0.25) is 0 Å². The summed E-state index contributed by atoms with van der Waals surface area (Å²) >= 11 is 0. The molecule has 2 aliphatic rings. The molecular formula is C30H36N2. The highest BCUT2D eigenvalue weighted by molar-refractivity contribution is 5.23. The van der Waals surface area contributed by atoms with Gasteiger partial charge >= 0.3 is 0 Å². The van der Waals surface area contributed by atoms with Crippen LogP contribution in [-0.4, -0.2) is 49.1 Å². The number of nitrogens with zero attached hydrogens (tertiary/aromatic N) is 2. The van der Waals surface area contributed by atoms with Gasteiger partial charge in [0.1, 0.15) is 0 Å². The van der Waals surface area contributed by atoms with Crippen LogP contribution in [0.25, 0.3) is 0 Å². The lowest BCUT2D eigenvalue weighted by Crippen LogP contribution is -2.38. The number of rotatable bonds is 7. The number of hydrogen-bond acceptors (Lipinski definition) is 2. The minimum atomic E-state index is 0.652. The van der Waals surface area contributed by atoms with Crippen LogP contribution in [0, 0.1) is 5.92 Å². The zero-order chi connectivity index (χ0) is 21.6. The first-order chi connectivity index (χ1) is 15.8. The monoisotopic (exact) mass is 424 g/mol. The molecule has 0 N–H and O–H groups in total. The average Bonchev–Trinajstić information content (AvgIpc) is 3.27. The second-order valence-electron chi connectivity index (χ2n) is 9.76. The van der Waals surface area contributed by atoms with Gasteiger partial charge < -0.3 is 9.80 Å². The Balaban J connectivity index is 1.21. The lowest BCUT2D eigenvalue weighted by Gasteiger charge is -2.35. The molecule has 0 aliphatic carbocycles. The fourth-order valence-electron chi connectivity index (χ4n) is 5.84. The quantitative estimate of drug-likeness (QED) is 0.471. The molecule has 0 radical (unpaired) electrons. The molecule has 0 unspecified atom stereocenters. The van der Waals surface area contributed by atoms with Crippen molar-refractivity contribution in [3.8, 4) is 0 Å². The fourth-order valence-corrected chi connectivity index (χ4v) is 5.84. The predicted octanol–water partition coefficient (Wildman–Crippen LogP) is 5.82. The molecule has 2 saturated heterocycles. The van der Waals surface area contributed by atoms with E-state index in [1.807, 2.05) is 0 Å². The van der Waals surface area contributed by atoms with E-state index in [-0.39, 0.29) is 0 Å². The average molecular weight is 425 g/mol. The summed E-state index contributed by atoms with van der Waals surface area (Å²) in [4.78, 5) is 5.47. The first-order valence-electron chi connectivity index (χ1n) is 12.4. The van der Waals surface area contributed by atoms with Crippen molar-refractivity contribution in [3.05, 3.63) is 108 Å². The normalized spacial score (nSPS) is 22.9. The summed E-state index contributed by atoms with van der Waals surface area (Å²) in [5.41, 5.74) is 4.51. The van der Waals surface area contributed by atoms with E-state index in [1.54, 1.807) is 0 Å². The van der Waals surface area contributed by atoms with Gasteiger partial charge in [-0.3, -0.25) is 0 Å². The van der Waals surface area contributed by atoms with Gasteiger partial charge in [-0.05, 0) is 60.9 Å². The topological polar surface area (TPSA) is 6.48 Å². The molecule has 2 nitrogen and oxygen atoms in total. The molecular weight excluding hydrogens is 388 g/mol. The van der Waals surface area contributed by atoms with Gasteiger partial charge in [0.25, 0.3) is 0 Å². The standard InChI is InChI=1S/C30H36N2/c1-4-10-25(11-5-1)16-19-32-23-29(30(24-32)28-14-8-3-9-15-28)22-31-20-17-27(18-21-31)26-12-6-2-7-13-26/h1-15,27,29-30H,16-24H2/t29-,30+/m0/s1. The van der Waals surface area contributed by atoms with Crippen molar-refractivity contribution in [2.24, 2.45) is 5.92 Å². The molecule has 2 heteroatoms. The first-order valence-corrected chi connectivity index (χ1v) is 12.4. The fraction of sp³-hybridized carbons (Fsp3) is 0.400. The summed E-state index contributed by atoms with van der Waals surface area (Å²) in [5.74, 6) is 2.11. The van der Waals surface area contributed by atoms with Gasteiger partial charge in [-0.25, -0.2) is 0 Å². The molecule has 3 aromatic rings. The third kappa shape index (κ3) is 5.31. The molecule has 2 aliphatic heterocycles. The number of hydrogen-bond donors (Lipinski definition) is 0. The molecule has 166 valence electrons. The van der Waals surface area contributed by atoms with Crippen LogP contribution in [0.15, 0.2) is 91.0 Å². The van der Waals surface area contributed by atoms with Gasteiger partial charge in [0.2, 0.25) is 0 Å². The third-order valence-corrected chi connectivity index (χ3v) is 7.66. The highest BCUT2D eigenvalue weighted by Gasteiger charge is 2.35. The van der Waals surface area contributed by atoms with E-state index in [2.05, 4.69) is 101 Å². The SMILES string of the molecule is c1ccc(CCN2C[C@H](CN3CCC(c4ccccc4)CC3)[C@@H](c3ccccc3)C2)cc1. The summed E-state index contributed by atoms with van der Waals surface area (Å²) in [5, 5.41) is 0. The van der Waals surface area contributed by atoms with E-state index >= 15 is 0 Å². The Kier molecular flexibility index (Phi) is 7.01. The molecule has 32 heavy (non-hydrogen) atoms. The molecule has 0 bridgehead atoms. The highest BCUT2D eigenvalue weighted by atomic mass is 15.2. The summed E-state index contributed by atoms with van der Waals surface area (Å²) in [6.45, 7) is 7.30. The number of piperidine rings is 1. The van der Waals surface area contributed by atoms with Crippen molar-refractivity contribution in [1.29, 1.82) is 0 Å².